The molecule has 0 aliphatic carbocycles. The average molecular weight is 171 g/mol. The maximum Gasteiger partial charge on any atom is 0.152 e. The zero-order chi connectivity index (χ0) is 9.02. The maximum absolute atomic E-state index is 10.5. The third-order valence-corrected chi connectivity index (χ3v) is 1.82. The Kier molecular flexibility index (Phi) is 3.97. The van der Waals surface area contributed by atoms with Crippen LogP contribution in [0.1, 0.15) is 20.8 Å². The molecule has 0 spiro atoms. The lowest BCUT2D eigenvalue weighted by atomic mass is 10.1. The second-order valence-corrected chi connectivity index (χ2v) is 3.10. The second kappa shape index (κ2) is 4.23. The van der Waals surface area contributed by atoms with E-state index in [9.17, 15) is 4.79 Å². The van der Waals surface area contributed by atoms with Crippen LogP contribution >= 0.6 is 12.6 Å². The molecule has 0 radical (unpaired) electrons. The van der Waals surface area contributed by atoms with Crippen LogP contribution < -0.4 is 5.73 Å². The summed E-state index contributed by atoms with van der Waals surface area (Å²) in [6.45, 7) is 5.34. The Balaban J connectivity index is 4.99. The number of hydrogen-bond acceptors (Lipinski definition) is 3. The van der Waals surface area contributed by atoms with Crippen molar-refractivity contribution in [2.45, 2.75) is 20.8 Å². The minimum absolute atomic E-state index is 0.533. The predicted molar refractivity (Wildman–Crippen MR) is 50.3 cm³/mol. The fraction of sp³-hybridized carbons (Fsp3) is 0.375. The highest BCUT2D eigenvalue weighted by Gasteiger charge is 2.02. The summed E-state index contributed by atoms with van der Waals surface area (Å²) in [5, 5.41) is 0. The van der Waals surface area contributed by atoms with Crippen molar-refractivity contribution in [3.8, 4) is 0 Å². The summed E-state index contributed by atoms with van der Waals surface area (Å²) < 4.78 is 0. The van der Waals surface area contributed by atoms with Crippen LogP contribution in [0, 0.1) is 0 Å². The van der Waals surface area contributed by atoms with Crippen LogP contribution in [0.25, 0.3) is 0 Å². The SMILES string of the molecule is C/C(N)=C(C=O)\C(C)=C(\C)S. The van der Waals surface area contributed by atoms with E-state index in [1.807, 2.05) is 13.8 Å². The summed E-state index contributed by atoms with van der Waals surface area (Å²) in [6.07, 6.45) is 0.754. The molecule has 0 saturated heterocycles. The van der Waals surface area contributed by atoms with E-state index in [0.29, 0.717) is 11.3 Å². The Hall–Kier alpha value is -0.700. The van der Waals surface area contributed by atoms with Crippen molar-refractivity contribution < 1.29 is 4.79 Å². The summed E-state index contributed by atoms with van der Waals surface area (Å²) >= 11 is 4.11. The van der Waals surface area contributed by atoms with Gasteiger partial charge in [-0.25, -0.2) is 0 Å². The molecule has 0 atom stereocenters. The molecule has 0 rings (SSSR count). The first kappa shape index (κ1) is 10.3. The van der Waals surface area contributed by atoms with E-state index in [-0.39, 0.29) is 0 Å². The smallest absolute Gasteiger partial charge is 0.152 e. The van der Waals surface area contributed by atoms with Gasteiger partial charge in [0.05, 0.1) is 0 Å². The number of rotatable bonds is 2. The largest absolute Gasteiger partial charge is 0.402 e. The third kappa shape index (κ3) is 2.80. The predicted octanol–water partition coefficient (Wildman–Crippen LogP) is 1.64. The first-order valence-corrected chi connectivity index (χ1v) is 3.73. The van der Waals surface area contributed by atoms with Crippen molar-refractivity contribution in [3.63, 3.8) is 0 Å². The average Bonchev–Trinajstić information content (AvgIpc) is 1.88. The normalized spacial score (nSPS) is 15.3. The van der Waals surface area contributed by atoms with Crippen LogP contribution in [0.3, 0.4) is 0 Å². The molecule has 0 saturated carbocycles. The molecule has 0 aromatic heterocycles. The van der Waals surface area contributed by atoms with Gasteiger partial charge < -0.3 is 5.73 Å². The summed E-state index contributed by atoms with van der Waals surface area (Å²) in [6, 6.07) is 0. The topological polar surface area (TPSA) is 43.1 Å². The lowest BCUT2D eigenvalue weighted by Crippen LogP contribution is -2.01. The van der Waals surface area contributed by atoms with Crippen LogP contribution in [0.15, 0.2) is 21.7 Å². The zero-order valence-corrected chi connectivity index (χ0v) is 7.90. The van der Waals surface area contributed by atoms with Gasteiger partial charge in [0.1, 0.15) is 0 Å². The molecule has 0 amide bonds. The fourth-order valence-electron chi connectivity index (χ4n) is 0.672. The van der Waals surface area contributed by atoms with E-state index in [0.717, 1.165) is 16.8 Å². The molecule has 0 fully saturated rings. The number of aldehydes is 1. The Morgan fingerprint density at radius 2 is 1.82 bits per heavy atom. The highest BCUT2D eigenvalue weighted by atomic mass is 32.1. The molecule has 2 N–H and O–H groups in total. The molecule has 0 heterocycles. The van der Waals surface area contributed by atoms with Gasteiger partial charge >= 0.3 is 0 Å². The van der Waals surface area contributed by atoms with E-state index in [2.05, 4.69) is 12.6 Å². The summed E-state index contributed by atoms with van der Waals surface area (Å²) in [7, 11) is 0. The fourth-order valence-corrected chi connectivity index (χ4v) is 0.792. The van der Waals surface area contributed by atoms with Crippen molar-refractivity contribution in [1.29, 1.82) is 0 Å². The first-order chi connectivity index (χ1) is 5.00. The van der Waals surface area contributed by atoms with Crippen molar-refractivity contribution in [2.24, 2.45) is 5.73 Å². The van der Waals surface area contributed by atoms with Crippen LogP contribution in [-0.2, 0) is 4.79 Å². The number of nitrogens with two attached hydrogens (primary N) is 1. The van der Waals surface area contributed by atoms with Crippen LogP contribution in [0.2, 0.25) is 0 Å². The minimum Gasteiger partial charge on any atom is -0.402 e. The lowest BCUT2D eigenvalue weighted by molar-refractivity contribution is -0.104. The van der Waals surface area contributed by atoms with E-state index < -0.39 is 0 Å². The Labute approximate surface area is 72.6 Å². The number of thiol groups is 1. The molecule has 0 aliphatic heterocycles. The Morgan fingerprint density at radius 3 is 1.91 bits per heavy atom. The highest BCUT2D eigenvalue weighted by Crippen LogP contribution is 2.16. The van der Waals surface area contributed by atoms with Gasteiger partial charge in [0.15, 0.2) is 6.29 Å². The number of carbonyl (C=O) groups is 1. The van der Waals surface area contributed by atoms with Crippen molar-refractivity contribution in [2.75, 3.05) is 0 Å². The molecular formula is C8H13NOS. The lowest BCUT2D eigenvalue weighted by Gasteiger charge is -2.03. The monoisotopic (exact) mass is 171 g/mol. The van der Waals surface area contributed by atoms with Gasteiger partial charge in [-0.1, -0.05) is 0 Å². The van der Waals surface area contributed by atoms with Gasteiger partial charge in [0, 0.05) is 11.3 Å². The first-order valence-electron chi connectivity index (χ1n) is 3.29. The number of hydrogen-bond donors (Lipinski definition) is 2. The van der Waals surface area contributed by atoms with E-state index in [4.69, 9.17) is 5.73 Å². The van der Waals surface area contributed by atoms with Crippen molar-refractivity contribution in [3.05, 3.63) is 21.7 Å². The molecule has 3 heteroatoms. The number of allylic oxidation sites excluding steroid dienone is 4. The van der Waals surface area contributed by atoms with Gasteiger partial charge in [0.2, 0.25) is 0 Å². The van der Waals surface area contributed by atoms with Crippen molar-refractivity contribution in [1.82, 2.24) is 0 Å². The maximum atomic E-state index is 10.5. The molecule has 0 unspecified atom stereocenters. The molecule has 62 valence electrons. The summed E-state index contributed by atoms with van der Waals surface area (Å²) in [5.74, 6) is 0. The van der Waals surface area contributed by atoms with Crippen LogP contribution in [0.4, 0.5) is 0 Å². The van der Waals surface area contributed by atoms with Gasteiger partial charge in [-0.3, -0.25) is 4.79 Å². The molecule has 0 bridgehead atoms. The standard InChI is InChI=1S/C8H13NOS/c1-5(7(3)11)8(4-10)6(2)9/h4,11H,9H2,1-3H3/b7-5-,8-6+. The molecule has 2 nitrogen and oxygen atoms in total. The van der Waals surface area contributed by atoms with E-state index in [1.54, 1.807) is 6.92 Å². The Morgan fingerprint density at radius 1 is 1.36 bits per heavy atom. The highest BCUT2D eigenvalue weighted by molar-refractivity contribution is 7.84. The van der Waals surface area contributed by atoms with Gasteiger partial charge in [-0.05, 0) is 31.2 Å². The van der Waals surface area contributed by atoms with E-state index >= 15 is 0 Å². The zero-order valence-electron chi connectivity index (χ0n) is 7.01. The minimum atomic E-state index is 0.533. The van der Waals surface area contributed by atoms with Gasteiger partial charge in [0.25, 0.3) is 0 Å². The van der Waals surface area contributed by atoms with Crippen LogP contribution in [-0.4, -0.2) is 6.29 Å². The summed E-state index contributed by atoms with van der Waals surface area (Å²) in [4.78, 5) is 11.3. The molecule has 0 aromatic carbocycles. The quantitative estimate of drug-likeness (QED) is 0.287. The van der Waals surface area contributed by atoms with Gasteiger partial charge in [-0.15, -0.1) is 12.6 Å². The summed E-state index contributed by atoms with van der Waals surface area (Å²) in [5.41, 5.74) is 7.38. The molecule has 0 aliphatic rings. The third-order valence-electron chi connectivity index (χ3n) is 1.49. The van der Waals surface area contributed by atoms with Crippen molar-refractivity contribution >= 4 is 18.9 Å². The molecular weight excluding hydrogens is 158 g/mol. The molecule has 0 aromatic rings. The Bertz CT molecular complexity index is 220. The second-order valence-electron chi connectivity index (χ2n) is 2.42. The molecule has 11 heavy (non-hydrogen) atoms. The van der Waals surface area contributed by atoms with Crippen LogP contribution in [0.5, 0.6) is 0 Å². The van der Waals surface area contributed by atoms with Gasteiger partial charge in [-0.2, -0.15) is 0 Å². The van der Waals surface area contributed by atoms with E-state index in [1.165, 1.54) is 0 Å². The number of carbonyl (C=O) groups excluding carboxylic acids is 1.